The molecule has 2 amide bonds. The van der Waals surface area contributed by atoms with Crippen LogP contribution in [0.4, 0.5) is 23.2 Å². The molecule has 0 heterocycles. The zero-order chi connectivity index (χ0) is 32.2. The van der Waals surface area contributed by atoms with Crippen molar-refractivity contribution < 1.29 is 50.7 Å². The van der Waals surface area contributed by atoms with Crippen LogP contribution in [0.1, 0.15) is 55.8 Å². The maximum atomic E-state index is 14.8. The second kappa shape index (κ2) is 14.0. The van der Waals surface area contributed by atoms with Gasteiger partial charge in [-0.15, -0.1) is 0 Å². The number of carbonyl (C=O) groups excluding carboxylic acids is 2. The summed E-state index contributed by atoms with van der Waals surface area (Å²) in [5.74, 6) is -4.68. The van der Waals surface area contributed by atoms with Gasteiger partial charge in [0, 0.05) is 22.7 Å². The molecule has 2 aromatic carbocycles. The quantitative estimate of drug-likeness (QED) is 0.246. The summed E-state index contributed by atoms with van der Waals surface area (Å²) in [5.41, 5.74) is -4.95. The average molecular weight is 643 g/mol. The van der Waals surface area contributed by atoms with Gasteiger partial charge in [-0.2, -0.15) is 13.2 Å². The Hall–Kier alpha value is -3.68. The molecule has 240 valence electrons. The molecule has 2 saturated carbocycles. The van der Waals surface area contributed by atoms with Crippen LogP contribution in [-0.4, -0.2) is 52.4 Å². The summed E-state index contributed by atoms with van der Waals surface area (Å²) >= 11 is 0. The van der Waals surface area contributed by atoms with Gasteiger partial charge in [-0.1, -0.05) is 19.4 Å². The first kappa shape index (κ1) is 33.2. The van der Waals surface area contributed by atoms with Gasteiger partial charge in [0.2, 0.25) is 5.91 Å². The van der Waals surface area contributed by atoms with Crippen LogP contribution in [0.25, 0.3) is 0 Å². The molecule has 6 unspecified atom stereocenters. The number of hydrogen-bond donors (Lipinski definition) is 3. The Balaban J connectivity index is 1.49. The zero-order valence-electron chi connectivity index (χ0n) is 24.1. The number of benzene rings is 2. The third-order valence-corrected chi connectivity index (χ3v) is 9.35. The predicted molar refractivity (Wildman–Crippen MR) is 152 cm³/mol. The Morgan fingerprint density at radius 3 is 2.48 bits per heavy atom. The molecule has 3 N–H and O–H groups in total. The summed E-state index contributed by atoms with van der Waals surface area (Å²) in [6.45, 7) is 1.77. The van der Waals surface area contributed by atoms with Gasteiger partial charge in [-0.3, -0.25) is 14.4 Å². The van der Waals surface area contributed by atoms with E-state index in [0.29, 0.717) is 19.3 Å². The lowest BCUT2D eigenvalue weighted by molar-refractivity contribution is -0.142. The number of carboxylic acids is 1. The number of fused-ring (bicyclic) bond motifs is 2. The van der Waals surface area contributed by atoms with E-state index in [1.54, 1.807) is 0 Å². The molecule has 9 nitrogen and oxygen atoms in total. The van der Waals surface area contributed by atoms with Crippen molar-refractivity contribution >= 4 is 34.3 Å². The summed E-state index contributed by atoms with van der Waals surface area (Å²) in [7, 11) is -2.00. The molecular formula is C30H34F4N2O7S. The number of halogens is 4. The smallest absolute Gasteiger partial charge is 0.475 e. The van der Waals surface area contributed by atoms with Crippen LogP contribution < -0.4 is 20.1 Å². The molecule has 6 atom stereocenters. The SMILES string of the molecule is CCCC(CCOc1cc(C(=O)NC2C3CCC(C3)C2C(=O)Nc2cccc(S(=O)C(F)(F)F)c2)c(OC)cc1F)C(=O)O. The van der Waals surface area contributed by atoms with Gasteiger partial charge < -0.3 is 25.2 Å². The normalized spacial score (nSPS) is 22.2. The largest absolute Gasteiger partial charge is 0.496 e. The van der Waals surface area contributed by atoms with Crippen LogP contribution in [0.3, 0.4) is 0 Å². The molecule has 0 aliphatic heterocycles. The fourth-order valence-electron chi connectivity index (χ4n) is 6.20. The molecule has 0 radical (unpaired) electrons. The van der Waals surface area contributed by atoms with E-state index in [0.717, 1.165) is 31.0 Å². The Morgan fingerprint density at radius 2 is 1.82 bits per heavy atom. The summed E-state index contributed by atoms with van der Waals surface area (Å²) in [6, 6.07) is 6.28. The third kappa shape index (κ3) is 7.51. The van der Waals surface area contributed by atoms with E-state index >= 15 is 0 Å². The number of carbonyl (C=O) groups is 3. The molecule has 0 aromatic heterocycles. The minimum Gasteiger partial charge on any atom is -0.496 e. The number of anilines is 1. The predicted octanol–water partition coefficient (Wildman–Crippen LogP) is 5.51. The number of alkyl halides is 3. The number of hydrogen-bond acceptors (Lipinski definition) is 6. The van der Waals surface area contributed by atoms with Gasteiger partial charge in [0.05, 0.1) is 31.1 Å². The van der Waals surface area contributed by atoms with Gasteiger partial charge in [0.25, 0.3) is 5.91 Å². The van der Waals surface area contributed by atoms with Gasteiger partial charge in [-0.25, -0.2) is 8.60 Å². The van der Waals surface area contributed by atoms with Crippen molar-refractivity contribution in [2.75, 3.05) is 19.0 Å². The van der Waals surface area contributed by atoms with Crippen molar-refractivity contribution in [3.8, 4) is 11.5 Å². The molecular weight excluding hydrogens is 608 g/mol. The van der Waals surface area contributed by atoms with E-state index in [9.17, 15) is 41.3 Å². The van der Waals surface area contributed by atoms with Crippen molar-refractivity contribution in [2.45, 2.75) is 61.9 Å². The van der Waals surface area contributed by atoms with E-state index < -0.39 is 62.7 Å². The minimum absolute atomic E-state index is 0.0301. The zero-order valence-corrected chi connectivity index (χ0v) is 24.9. The first-order valence-corrected chi connectivity index (χ1v) is 15.4. The van der Waals surface area contributed by atoms with E-state index in [-0.39, 0.29) is 47.6 Å². The third-order valence-electron chi connectivity index (χ3n) is 8.25. The molecule has 2 bridgehead atoms. The highest BCUT2D eigenvalue weighted by atomic mass is 32.2. The number of carboxylic acid groups (broad SMARTS) is 1. The summed E-state index contributed by atoms with van der Waals surface area (Å²) in [4.78, 5) is 37.8. The maximum absolute atomic E-state index is 14.8. The Bertz CT molecular complexity index is 1420. The fourth-order valence-corrected chi connectivity index (χ4v) is 6.90. The maximum Gasteiger partial charge on any atom is 0.475 e. The molecule has 2 aromatic rings. The van der Waals surface area contributed by atoms with Gasteiger partial charge in [-0.05, 0) is 68.2 Å². The minimum atomic E-state index is -4.95. The van der Waals surface area contributed by atoms with Crippen molar-refractivity contribution in [2.24, 2.45) is 23.7 Å². The second-order valence-electron chi connectivity index (χ2n) is 11.0. The van der Waals surface area contributed by atoms with Crippen molar-refractivity contribution in [1.29, 1.82) is 0 Å². The average Bonchev–Trinajstić information content (AvgIpc) is 3.58. The highest BCUT2D eigenvalue weighted by Gasteiger charge is 2.51. The number of nitrogens with one attached hydrogen (secondary N) is 2. The van der Waals surface area contributed by atoms with Crippen molar-refractivity contribution in [1.82, 2.24) is 5.32 Å². The lowest BCUT2D eigenvalue weighted by Crippen LogP contribution is -2.48. The standard InChI is InChI=1S/C30H34F4N2O7S/c1-3-5-16(29(39)40)10-11-43-24-14-21(23(42-2)15-22(24)31)27(37)36-26-18-9-8-17(12-18)25(26)28(38)35-19-6-4-7-20(13-19)44(41)30(32,33)34/h4,6-7,13-18,25-26H,3,5,8-12H2,1-2H3,(H,35,38)(H,36,37)(H,39,40). The van der Waals surface area contributed by atoms with E-state index in [4.69, 9.17) is 9.47 Å². The first-order chi connectivity index (χ1) is 20.8. The van der Waals surface area contributed by atoms with Crippen molar-refractivity contribution in [3.63, 3.8) is 0 Å². The van der Waals surface area contributed by atoms with E-state index in [1.165, 1.54) is 25.3 Å². The molecule has 2 aliphatic rings. The monoisotopic (exact) mass is 642 g/mol. The Labute approximate surface area is 254 Å². The topological polar surface area (TPSA) is 131 Å². The van der Waals surface area contributed by atoms with Gasteiger partial charge >= 0.3 is 11.5 Å². The van der Waals surface area contributed by atoms with Gasteiger partial charge in [0.15, 0.2) is 22.4 Å². The lowest BCUT2D eigenvalue weighted by Gasteiger charge is -2.31. The molecule has 14 heteroatoms. The summed E-state index contributed by atoms with van der Waals surface area (Å²) in [6.07, 6.45) is 3.41. The number of rotatable bonds is 13. The summed E-state index contributed by atoms with van der Waals surface area (Å²) < 4.78 is 76.1. The molecule has 44 heavy (non-hydrogen) atoms. The Morgan fingerprint density at radius 1 is 1.09 bits per heavy atom. The second-order valence-corrected chi connectivity index (χ2v) is 12.5. The fraction of sp³-hybridized carbons (Fsp3) is 0.500. The van der Waals surface area contributed by atoms with Crippen LogP contribution in [0.5, 0.6) is 11.5 Å². The highest BCUT2D eigenvalue weighted by Crippen LogP contribution is 2.49. The van der Waals surface area contributed by atoms with Crippen LogP contribution in [0, 0.1) is 29.5 Å². The van der Waals surface area contributed by atoms with Crippen LogP contribution in [0.15, 0.2) is 41.3 Å². The molecule has 2 fully saturated rings. The highest BCUT2D eigenvalue weighted by molar-refractivity contribution is 7.86. The molecule has 4 rings (SSSR count). The molecule has 0 spiro atoms. The Kier molecular flexibility index (Phi) is 10.5. The number of amides is 2. The van der Waals surface area contributed by atoms with Crippen LogP contribution >= 0.6 is 0 Å². The molecule has 2 aliphatic carbocycles. The van der Waals surface area contributed by atoms with Crippen LogP contribution in [0.2, 0.25) is 0 Å². The van der Waals surface area contributed by atoms with Crippen LogP contribution in [-0.2, 0) is 20.4 Å². The number of aliphatic carboxylic acids is 1. The number of methoxy groups -OCH3 is 1. The van der Waals surface area contributed by atoms with E-state index in [2.05, 4.69) is 10.6 Å². The number of ether oxygens (including phenoxy) is 2. The first-order valence-electron chi connectivity index (χ1n) is 14.3. The lowest BCUT2D eigenvalue weighted by atomic mass is 9.83. The van der Waals surface area contributed by atoms with Crippen molar-refractivity contribution in [3.05, 3.63) is 47.8 Å². The van der Waals surface area contributed by atoms with E-state index in [1.807, 2.05) is 6.92 Å². The van der Waals surface area contributed by atoms with Gasteiger partial charge in [0.1, 0.15) is 5.75 Å². The summed E-state index contributed by atoms with van der Waals surface area (Å²) in [5, 5.41) is 14.9. The molecule has 0 saturated heterocycles.